The van der Waals surface area contributed by atoms with Gasteiger partial charge in [-0.3, -0.25) is 0 Å². The topological polar surface area (TPSA) is 29.3 Å². The largest absolute Gasteiger partial charge is 0.372 e. The van der Waals surface area contributed by atoms with Crippen LogP contribution < -0.4 is 10.6 Å². The molecule has 1 aromatic rings. The van der Waals surface area contributed by atoms with Crippen LogP contribution in [0.15, 0.2) is 24.3 Å². The van der Waals surface area contributed by atoms with Gasteiger partial charge in [0.05, 0.1) is 0 Å². The lowest BCUT2D eigenvalue weighted by atomic mass is 9.75. The molecular weight excluding hydrogens is 232 g/mol. The molecule has 19 heavy (non-hydrogen) atoms. The zero-order valence-electron chi connectivity index (χ0n) is 12.7. The minimum absolute atomic E-state index is 0.544. The van der Waals surface area contributed by atoms with Gasteiger partial charge < -0.3 is 10.6 Å². The Morgan fingerprint density at radius 3 is 2.26 bits per heavy atom. The van der Waals surface area contributed by atoms with Gasteiger partial charge in [-0.05, 0) is 61.8 Å². The molecule has 0 unspecified atom stereocenters. The van der Waals surface area contributed by atoms with Crippen molar-refractivity contribution in [2.45, 2.75) is 52.0 Å². The first kappa shape index (κ1) is 14.4. The molecule has 106 valence electrons. The fourth-order valence-corrected chi connectivity index (χ4v) is 3.05. The molecule has 1 fully saturated rings. The van der Waals surface area contributed by atoms with Crippen LogP contribution in [-0.4, -0.2) is 19.6 Å². The van der Waals surface area contributed by atoms with Gasteiger partial charge in [-0.15, -0.1) is 0 Å². The van der Waals surface area contributed by atoms with Crippen LogP contribution in [0.25, 0.3) is 0 Å². The Morgan fingerprint density at radius 2 is 1.74 bits per heavy atom. The molecule has 1 aliphatic carbocycles. The number of hydrogen-bond acceptors (Lipinski definition) is 2. The maximum atomic E-state index is 5.59. The second-order valence-corrected chi connectivity index (χ2v) is 6.71. The molecule has 0 atom stereocenters. The average molecular weight is 260 g/mol. The summed E-state index contributed by atoms with van der Waals surface area (Å²) in [6.07, 6.45) is 6.28. The Kier molecular flexibility index (Phi) is 4.51. The Labute approximate surface area is 118 Å². The molecule has 0 amide bonds. The number of rotatable bonds is 4. The summed E-state index contributed by atoms with van der Waals surface area (Å²) in [6.45, 7) is 5.52. The number of anilines is 1. The predicted octanol–water partition coefficient (Wildman–Crippen LogP) is 3.59. The van der Waals surface area contributed by atoms with E-state index in [1.165, 1.54) is 36.9 Å². The van der Waals surface area contributed by atoms with E-state index in [2.05, 4.69) is 50.1 Å². The summed E-state index contributed by atoms with van der Waals surface area (Å²) in [5.41, 5.74) is 8.81. The van der Waals surface area contributed by atoms with Crippen LogP contribution in [0.1, 0.15) is 45.1 Å². The Balaban J connectivity index is 1.97. The van der Waals surface area contributed by atoms with Crippen molar-refractivity contribution in [1.82, 2.24) is 0 Å². The molecule has 0 heterocycles. The highest BCUT2D eigenvalue weighted by Crippen LogP contribution is 2.37. The van der Waals surface area contributed by atoms with E-state index in [0.29, 0.717) is 11.5 Å². The third-order valence-corrected chi connectivity index (χ3v) is 4.63. The molecule has 0 aromatic heterocycles. The number of nitrogens with two attached hydrogens (primary N) is 1. The molecule has 1 saturated carbocycles. The smallest absolute Gasteiger partial charge is 0.0366 e. The highest BCUT2D eigenvalue weighted by Gasteiger charge is 2.28. The molecule has 1 aliphatic rings. The molecule has 2 nitrogen and oxygen atoms in total. The zero-order valence-corrected chi connectivity index (χ0v) is 12.7. The van der Waals surface area contributed by atoms with Gasteiger partial charge in [0.25, 0.3) is 0 Å². The highest BCUT2D eigenvalue weighted by molar-refractivity contribution is 5.48. The molecule has 2 rings (SSSR count). The van der Waals surface area contributed by atoms with Crippen LogP contribution >= 0.6 is 0 Å². The Bertz CT molecular complexity index is 384. The summed E-state index contributed by atoms with van der Waals surface area (Å²) in [6, 6.07) is 9.61. The maximum absolute atomic E-state index is 5.59. The molecular formula is C17H28N2. The van der Waals surface area contributed by atoms with Crippen LogP contribution in [0, 0.1) is 5.41 Å². The van der Waals surface area contributed by atoms with Gasteiger partial charge in [-0.1, -0.05) is 26.0 Å². The fraction of sp³-hybridized carbons (Fsp3) is 0.647. The third-order valence-electron chi connectivity index (χ3n) is 4.63. The standard InChI is InChI=1S/C17H28N2/c1-17(2)11-8-16(9-12-17)19(3)15-6-4-14(5-7-15)10-13-18/h4-7,16H,8-13,18H2,1-3H3. The van der Waals surface area contributed by atoms with E-state index in [-0.39, 0.29) is 0 Å². The van der Waals surface area contributed by atoms with Gasteiger partial charge in [-0.2, -0.15) is 0 Å². The molecule has 2 heteroatoms. The lowest BCUT2D eigenvalue weighted by Gasteiger charge is -2.39. The summed E-state index contributed by atoms with van der Waals surface area (Å²) < 4.78 is 0. The Hall–Kier alpha value is -1.02. The minimum atomic E-state index is 0.544. The van der Waals surface area contributed by atoms with Crippen molar-refractivity contribution in [3.05, 3.63) is 29.8 Å². The van der Waals surface area contributed by atoms with Crippen LogP contribution in [0.2, 0.25) is 0 Å². The van der Waals surface area contributed by atoms with Gasteiger partial charge in [0, 0.05) is 18.8 Å². The van der Waals surface area contributed by atoms with Crippen LogP contribution in [0.4, 0.5) is 5.69 Å². The van der Waals surface area contributed by atoms with E-state index < -0.39 is 0 Å². The number of nitrogens with zero attached hydrogens (tertiary/aromatic N) is 1. The minimum Gasteiger partial charge on any atom is -0.372 e. The first-order valence-corrected chi connectivity index (χ1v) is 7.54. The molecule has 0 bridgehead atoms. The summed E-state index contributed by atoms with van der Waals surface area (Å²) >= 11 is 0. The van der Waals surface area contributed by atoms with E-state index in [1.807, 2.05) is 0 Å². The molecule has 0 radical (unpaired) electrons. The maximum Gasteiger partial charge on any atom is 0.0366 e. The van der Waals surface area contributed by atoms with Gasteiger partial charge in [0.15, 0.2) is 0 Å². The van der Waals surface area contributed by atoms with Gasteiger partial charge in [0.1, 0.15) is 0 Å². The third kappa shape index (κ3) is 3.73. The first-order chi connectivity index (χ1) is 9.02. The van der Waals surface area contributed by atoms with Crippen LogP contribution in [0.5, 0.6) is 0 Å². The summed E-state index contributed by atoms with van der Waals surface area (Å²) in [4.78, 5) is 2.46. The Morgan fingerprint density at radius 1 is 1.16 bits per heavy atom. The van der Waals surface area contributed by atoms with Crippen molar-refractivity contribution < 1.29 is 0 Å². The van der Waals surface area contributed by atoms with Gasteiger partial charge in [0.2, 0.25) is 0 Å². The lowest BCUT2D eigenvalue weighted by Crippen LogP contribution is -2.37. The van der Waals surface area contributed by atoms with E-state index in [0.717, 1.165) is 13.0 Å². The quantitative estimate of drug-likeness (QED) is 0.896. The van der Waals surface area contributed by atoms with Crippen LogP contribution in [-0.2, 0) is 6.42 Å². The van der Waals surface area contributed by atoms with E-state index in [1.54, 1.807) is 0 Å². The summed E-state index contributed by atoms with van der Waals surface area (Å²) in [5.74, 6) is 0. The first-order valence-electron chi connectivity index (χ1n) is 7.54. The predicted molar refractivity (Wildman–Crippen MR) is 83.6 cm³/mol. The van der Waals surface area contributed by atoms with Crippen molar-refractivity contribution in [3.63, 3.8) is 0 Å². The van der Waals surface area contributed by atoms with E-state index in [9.17, 15) is 0 Å². The van der Waals surface area contributed by atoms with Crippen molar-refractivity contribution in [2.24, 2.45) is 11.1 Å². The average Bonchev–Trinajstić information content (AvgIpc) is 2.39. The van der Waals surface area contributed by atoms with Crippen molar-refractivity contribution in [3.8, 4) is 0 Å². The van der Waals surface area contributed by atoms with Gasteiger partial charge >= 0.3 is 0 Å². The number of hydrogen-bond donors (Lipinski definition) is 1. The highest BCUT2D eigenvalue weighted by atomic mass is 15.1. The second kappa shape index (κ2) is 5.96. The monoisotopic (exact) mass is 260 g/mol. The van der Waals surface area contributed by atoms with Crippen molar-refractivity contribution >= 4 is 5.69 Å². The van der Waals surface area contributed by atoms with E-state index in [4.69, 9.17) is 5.73 Å². The molecule has 2 N–H and O–H groups in total. The normalized spacial score (nSPS) is 19.4. The van der Waals surface area contributed by atoms with Crippen LogP contribution in [0.3, 0.4) is 0 Å². The molecule has 0 saturated heterocycles. The summed E-state index contributed by atoms with van der Waals surface area (Å²) in [7, 11) is 2.24. The lowest BCUT2D eigenvalue weighted by molar-refractivity contribution is 0.222. The molecule has 0 aliphatic heterocycles. The SMILES string of the molecule is CN(c1ccc(CCN)cc1)C1CCC(C)(C)CC1. The van der Waals surface area contributed by atoms with Gasteiger partial charge in [-0.25, -0.2) is 0 Å². The second-order valence-electron chi connectivity index (χ2n) is 6.71. The van der Waals surface area contributed by atoms with E-state index >= 15 is 0 Å². The molecule has 1 aromatic carbocycles. The summed E-state index contributed by atoms with van der Waals surface area (Å²) in [5, 5.41) is 0. The zero-order chi connectivity index (χ0) is 13.9. The molecule has 0 spiro atoms. The van der Waals surface area contributed by atoms with Crippen molar-refractivity contribution in [2.75, 3.05) is 18.5 Å². The fourth-order valence-electron chi connectivity index (χ4n) is 3.05. The number of benzene rings is 1. The van der Waals surface area contributed by atoms with Crippen molar-refractivity contribution in [1.29, 1.82) is 0 Å².